The summed E-state index contributed by atoms with van der Waals surface area (Å²) in [7, 11) is 0. The fraction of sp³-hybridized carbons (Fsp3) is 0.688. The largest absolute Gasteiger partial charge is 0.309 e. The van der Waals surface area contributed by atoms with Crippen LogP contribution in [-0.4, -0.2) is 45.4 Å². The van der Waals surface area contributed by atoms with Crippen LogP contribution in [0.15, 0.2) is 17.2 Å². The van der Waals surface area contributed by atoms with E-state index in [4.69, 9.17) is 0 Å². The second kappa shape index (κ2) is 7.92. The zero-order valence-electron chi connectivity index (χ0n) is 13.9. The van der Waals surface area contributed by atoms with Gasteiger partial charge >= 0.3 is 0 Å². The van der Waals surface area contributed by atoms with E-state index in [1.165, 1.54) is 0 Å². The fourth-order valence-corrected chi connectivity index (χ4v) is 3.18. The lowest BCUT2D eigenvalue weighted by Gasteiger charge is -2.30. The normalized spacial score (nSPS) is 14.9. The number of nitrogens with one attached hydrogen (secondary N) is 1. The maximum absolute atomic E-state index is 11.6. The Balaban J connectivity index is 1.77. The van der Waals surface area contributed by atoms with Crippen LogP contribution < -0.4 is 5.32 Å². The van der Waals surface area contributed by atoms with Crippen molar-refractivity contribution in [1.82, 2.24) is 15.1 Å². The number of carbonyl (C=O) groups is 1. The van der Waals surface area contributed by atoms with Gasteiger partial charge in [0.2, 0.25) is 5.91 Å². The summed E-state index contributed by atoms with van der Waals surface area (Å²) in [4.78, 5) is 14.1. The van der Waals surface area contributed by atoms with Crippen molar-refractivity contribution in [2.75, 3.05) is 17.6 Å². The number of carbonyl (C=O) groups excluding carboxylic acids is 1. The van der Waals surface area contributed by atoms with Gasteiger partial charge in [-0.25, -0.2) is 0 Å². The number of rotatable bonds is 8. The second-order valence-corrected chi connectivity index (χ2v) is 7.41. The summed E-state index contributed by atoms with van der Waals surface area (Å²) < 4.78 is 0. The average molecular weight is 322 g/mol. The van der Waals surface area contributed by atoms with Gasteiger partial charge in [0.15, 0.2) is 5.82 Å². The third-order valence-corrected chi connectivity index (χ3v) is 4.67. The molecule has 6 heteroatoms. The molecule has 1 fully saturated rings. The van der Waals surface area contributed by atoms with Gasteiger partial charge in [0.25, 0.3) is 0 Å². The van der Waals surface area contributed by atoms with Crippen molar-refractivity contribution in [2.45, 2.75) is 57.6 Å². The van der Waals surface area contributed by atoms with Gasteiger partial charge in [-0.3, -0.25) is 9.69 Å². The molecular formula is C16H26N4OS. The molecule has 0 aliphatic heterocycles. The molecule has 1 heterocycles. The van der Waals surface area contributed by atoms with Crippen LogP contribution >= 0.6 is 11.8 Å². The summed E-state index contributed by atoms with van der Waals surface area (Å²) in [6.45, 7) is 9.93. The summed E-state index contributed by atoms with van der Waals surface area (Å²) in [5, 5.41) is 12.0. The molecule has 1 saturated carbocycles. The molecule has 0 atom stereocenters. The topological polar surface area (TPSA) is 58.1 Å². The zero-order chi connectivity index (χ0) is 16.1. The standard InChI is InChI=1S/C16H26N4OS/c1-11(2)20(12(3)4)9-10-22-15-8-7-14(18-19-15)17-16(21)13-5-6-13/h7-8,11-13H,5-6,9-10H2,1-4H3,(H,17,18,21). The first-order chi connectivity index (χ1) is 10.5. The molecule has 0 unspecified atom stereocenters. The van der Waals surface area contributed by atoms with Crippen molar-refractivity contribution < 1.29 is 4.79 Å². The minimum atomic E-state index is 0.0687. The molecule has 22 heavy (non-hydrogen) atoms. The Morgan fingerprint density at radius 1 is 1.27 bits per heavy atom. The number of thioether (sulfide) groups is 1. The van der Waals surface area contributed by atoms with E-state index < -0.39 is 0 Å². The van der Waals surface area contributed by atoms with Crippen molar-refractivity contribution in [3.8, 4) is 0 Å². The summed E-state index contributed by atoms with van der Waals surface area (Å²) in [6, 6.07) is 4.85. The van der Waals surface area contributed by atoms with Crippen molar-refractivity contribution in [3.63, 3.8) is 0 Å². The van der Waals surface area contributed by atoms with Gasteiger partial charge in [-0.05, 0) is 52.7 Å². The predicted molar refractivity (Wildman–Crippen MR) is 91.1 cm³/mol. The third-order valence-electron chi connectivity index (χ3n) is 3.77. The molecule has 1 N–H and O–H groups in total. The van der Waals surface area contributed by atoms with E-state index >= 15 is 0 Å². The number of aromatic nitrogens is 2. The minimum absolute atomic E-state index is 0.0687. The number of hydrogen-bond donors (Lipinski definition) is 1. The molecule has 1 aliphatic rings. The van der Waals surface area contributed by atoms with E-state index in [9.17, 15) is 4.79 Å². The monoisotopic (exact) mass is 322 g/mol. The Morgan fingerprint density at radius 2 is 1.95 bits per heavy atom. The van der Waals surface area contributed by atoms with E-state index in [0.29, 0.717) is 17.9 Å². The molecule has 0 aromatic carbocycles. The minimum Gasteiger partial charge on any atom is -0.309 e. The Morgan fingerprint density at radius 3 is 2.45 bits per heavy atom. The highest BCUT2D eigenvalue weighted by Gasteiger charge is 2.29. The summed E-state index contributed by atoms with van der Waals surface area (Å²) in [5.74, 6) is 1.79. The number of amides is 1. The van der Waals surface area contributed by atoms with Crippen LogP contribution in [0.2, 0.25) is 0 Å². The predicted octanol–water partition coefficient (Wildman–Crippen LogP) is 3.04. The second-order valence-electron chi connectivity index (χ2n) is 6.29. The van der Waals surface area contributed by atoms with Crippen LogP contribution in [0.4, 0.5) is 5.82 Å². The van der Waals surface area contributed by atoms with Crippen molar-refractivity contribution in [2.24, 2.45) is 5.92 Å². The lowest BCUT2D eigenvalue weighted by atomic mass is 10.2. The van der Waals surface area contributed by atoms with Crippen LogP contribution in [0.3, 0.4) is 0 Å². The molecule has 1 aromatic rings. The first-order valence-corrected chi connectivity index (χ1v) is 8.99. The van der Waals surface area contributed by atoms with Crippen LogP contribution in [-0.2, 0) is 4.79 Å². The van der Waals surface area contributed by atoms with Gasteiger partial charge in [0, 0.05) is 30.3 Å². The summed E-state index contributed by atoms with van der Waals surface area (Å²) >= 11 is 1.70. The Hall–Kier alpha value is -1.14. The molecule has 0 bridgehead atoms. The molecule has 0 radical (unpaired) electrons. The van der Waals surface area contributed by atoms with Crippen molar-refractivity contribution in [3.05, 3.63) is 12.1 Å². The van der Waals surface area contributed by atoms with E-state index in [1.54, 1.807) is 11.8 Å². The maximum Gasteiger partial charge on any atom is 0.228 e. The van der Waals surface area contributed by atoms with Crippen LogP contribution in [0.25, 0.3) is 0 Å². The molecule has 122 valence electrons. The SMILES string of the molecule is CC(C)N(CCSc1ccc(NC(=O)C2CC2)nn1)C(C)C. The summed E-state index contributed by atoms with van der Waals surface area (Å²) in [6.07, 6.45) is 1.99. The van der Waals surface area contributed by atoms with E-state index in [2.05, 4.69) is 48.1 Å². The highest BCUT2D eigenvalue weighted by molar-refractivity contribution is 7.99. The van der Waals surface area contributed by atoms with Crippen molar-refractivity contribution in [1.29, 1.82) is 0 Å². The zero-order valence-corrected chi connectivity index (χ0v) is 14.7. The fourth-order valence-electron chi connectivity index (χ4n) is 2.41. The van der Waals surface area contributed by atoms with Crippen LogP contribution in [0.1, 0.15) is 40.5 Å². The molecule has 0 spiro atoms. The Bertz CT molecular complexity index is 477. The van der Waals surface area contributed by atoms with Crippen molar-refractivity contribution >= 4 is 23.5 Å². The molecule has 1 aromatic heterocycles. The number of hydrogen-bond acceptors (Lipinski definition) is 5. The number of nitrogens with zero attached hydrogens (tertiary/aromatic N) is 3. The van der Waals surface area contributed by atoms with Gasteiger partial charge < -0.3 is 5.32 Å². The highest BCUT2D eigenvalue weighted by atomic mass is 32.2. The van der Waals surface area contributed by atoms with Crippen LogP contribution in [0, 0.1) is 5.92 Å². The van der Waals surface area contributed by atoms with Gasteiger partial charge in [-0.2, -0.15) is 0 Å². The van der Waals surface area contributed by atoms with Crippen LogP contribution in [0.5, 0.6) is 0 Å². The lowest BCUT2D eigenvalue weighted by Crippen LogP contribution is -2.38. The maximum atomic E-state index is 11.6. The van der Waals surface area contributed by atoms with Gasteiger partial charge in [-0.15, -0.1) is 22.0 Å². The molecular weight excluding hydrogens is 296 g/mol. The quantitative estimate of drug-likeness (QED) is 0.746. The van der Waals surface area contributed by atoms with E-state index in [1.807, 2.05) is 12.1 Å². The molecule has 5 nitrogen and oxygen atoms in total. The number of anilines is 1. The van der Waals surface area contributed by atoms with Gasteiger partial charge in [0.05, 0.1) is 0 Å². The van der Waals surface area contributed by atoms with Gasteiger partial charge in [0.1, 0.15) is 5.03 Å². The van der Waals surface area contributed by atoms with Gasteiger partial charge in [-0.1, -0.05) is 0 Å². The molecule has 1 aliphatic carbocycles. The smallest absolute Gasteiger partial charge is 0.228 e. The van der Waals surface area contributed by atoms with E-state index in [0.717, 1.165) is 30.2 Å². The Kier molecular flexibility index (Phi) is 6.20. The molecule has 2 rings (SSSR count). The average Bonchev–Trinajstić information content (AvgIpc) is 3.29. The first kappa shape index (κ1) is 17.2. The lowest BCUT2D eigenvalue weighted by molar-refractivity contribution is -0.117. The molecule has 0 saturated heterocycles. The summed E-state index contributed by atoms with van der Waals surface area (Å²) in [5.41, 5.74) is 0. The third kappa shape index (κ3) is 5.25. The van der Waals surface area contributed by atoms with E-state index in [-0.39, 0.29) is 11.8 Å². The molecule has 1 amide bonds. The first-order valence-electron chi connectivity index (χ1n) is 8.00. The highest BCUT2D eigenvalue weighted by Crippen LogP contribution is 2.29. The Labute approximate surface area is 137 Å².